The molecule has 0 radical (unpaired) electrons. The Balaban J connectivity index is 1.84. The van der Waals surface area contributed by atoms with Crippen molar-refractivity contribution in [2.45, 2.75) is 33.2 Å². The number of nitrogens with one attached hydrogen (secondary N) is 1. The van der Waals surface area contributed by atoms with Crippen molar-refractivity contribution < 1.29 is 4.74 Å². The van der Waals surface area contributed by atoms with Gasteiger partial charge in [0.2, 0.25) is 0 Å². The van der Waals surface area contributed by atoms with Crippen molar-refractivity contribution in [3.05, 3.63) is 24.3 Å². The number of nitrogens with zero attached hydrogens (tertiary/aromatic N) is 1. The van der Waals surface area contributed by atoms with Gasteiger partial charge in [-0.25, -0.2) is 0 Å². The van der Waals surface area contributed by atoms with E-state index in [9.17, 15) is 0 Å². The van der Waals surface area contributed by atoms with Crippen LogP contribution in [-0.2, 0) is 0 Å². The predicted octanol–water partition coefficient (Wildman–Crippen LogP) is 3.47. The van der Waals surface area contributed by atoms with Gasteiger partial charge in [-0.2, -0.15) is 0 Å². The smallest absolute Gasteiger partial charge is 0.119 e. The molecule has 1 saturated heterocycles. The van der Waals surface area contributed by atoms with E-state index in [0.29, 0.717) is 12.0 Å². The summed E-state index contributed by atoms with van der Waals surface area (Å²) in [4.78, 5) is 2.60. The van der Waals surface area contributed by atoms with Crippen molar-refractivity contribution >= 4 is 5.69 Å². The minimum Gasteiger partial charge on any atom is -0.493 e. The molecule has 1 aliphatic rings. The standard InChI is InChI=1S/C17H28N2O/c1-5-14(3)19-10-13(2)15(11-19)12-20-17-8-6-16(18-4)7-9-17/h6-9,13-15,18H,5,10-12H2,1-4H3. The van der Waals surface area contributed by atoms with E-state index in [-0.39, 0.29) is 0 Å². The van der Waals surface area contributed by atoms with E-state index in [1.54, 1.807) is 0 Å². The van der Waals surface area contributed by atoms with Crippen molar-refractivity contribution in [2.24, 2.45) is 11.8 Å². The van der Waals surface area contributed by atoms with Gasteiger partial charge in [-0.05, 0) is 43.5 Å². The molecule has 1 aliphatic heterocycles. The maximum absolute atomic E-state index is 5.97. The van der Waals surface area contributed by atoms with E-state index in [1.807, 2.05) is 19.2 Å². The van der Waals surface area contributed by atoms with E-state index < -0.39 is 0 Å². The van der Waals surface area contributed by atoms with Gasteiger partial charge in [0.25, 0.3) is 0 Å². The first-order chi connectivity index (χ1) is 9.63. The monoisotopic (exact) mass is 276 g/mol. The lowest BCUT2D eigenvalue weighted by atomic mass is 9.99. The highest BCUT2D eigenvalue weighted by atomic mass is 16.5. The van der Waals surface area contributed by atoms with Crippen LogP contribution in [0.5, 0.6) is 5.75 Å². The van der Waals surface area contributed by atoms with Gasteiger partial charge < -0.3 is 10.1 Å². The molecule has 0 spiro atoms. The van der Waals surface area contributed by atoms with E-state index in [4.69, 9.17) is 4.74 Å². The number of anilines is 1. The summed E-state index contributed by atoms with van der Waals surface area (Å²) in [7, 11) is 1.93. The zero-order valence-corrected chi connectivity index (χ0v) is 13.2. The van der Waals surface area contributed by atoms with E-state index in [1.165, 1.54) is 19.5 Å². The van der Waals surface area contributed by atoms with Crippen LogP contribution >= 0.6 is 0 Å². The molecule has 0 aliphatic carbocycles. The van der Waals surface area contributed by atoms with Crippen LogP contribution in [0.1, 0.15) is 27.2 Å². The molecule has 1 N–H and O–H groups in total. The van der Waals surface area contributed by atoms with Crippen LogP contribution in [0, 0.1) is 11.8 Å². The molecule has 0 saturated carbocycles. The molecular weight excluding hydrogens is 248 g/mol. The zero-order valence-electron chi connectivity index (χ0n) is 13.2. The Hall–Kier alpha value is -1.22. The van der Waals surface area contributed by atoms with Gasteiger partial charge in [-0.3, -0.25) is 4.90 Å². The normalized spacial score (nSPS) is 24.6. The number of likely N-dealkylation sites (tertiary alicyclic amines) is 1. The Morgan fingerprint density at radius 2 is 2.00 bits per heavy atom. The van der Waals surface area contributed by atoms with Crippen molar-refractivity contribution in [1.29, 1.82) is 0 Å². The van der Waals surface area contributed by atoms with Gasteiger partial charge in [0.05, 0.1) is 6.61 Å². The molecule has 2 rings (SSSR count). The summed E-state index contributed by atoms with van der Waals surface area (Å²) in [6, 6.07) is 8.88. The fraction of sp³-hybridized carbons (Fsp3) is 0.647. The van der Waals surface area contributed by atoms with E-state index in [2.05, 4.69) is 43.1 Å². The first-order valence-electron chi connectivity index (χ1n) is 7.78. The van der Waals surface area contributed by atoms with Crippen molar-refractivity contribution in [2.75, 3.05) is 32.1 Å². The third-order valence-corrected chi connectivity index (χ3v) is 4.62. The Labute approximate surface area is 123 Å². The van der Waals surface area contributed by atoms with Gasteiger partial charge in [0.1, 0.15) is 5.75 Å². The van der Waals surface area contributed by atoms with Crippen LogP contribution in [0.2, 0.25) is 0 Å². The number of ether oxygens (including phenoxy) is 1. The molecule has 3 heteroatoms. The molecule has 0 aromatic heterocycles. The molecule has 3 atom stereocenters. The molecule has 20 heavy (non-hydrogen) atoms. The molecule has 0 bridgehead atoms. The van der Waals surface area contributed by atoms with Crippen LogP contribution in [0.15, 0.2) is 24.3 Å². The molecule has 1 heterocycles. The molecule has 0 amide bonds. The first-order valence-corrected chi connectivity index (χ1v) is 7.78. The molecular formula is C17H28N2O. The molecule has 3 nitrogen and oxygen atoms in total. The second kappa shape index (κ2) is 6.98. The zero-order chi connectivity index (χ0) is 14.5. The lowest BCUT2D eigenvalue weighted by molar-refractivity contribution is 0.210. The summed E-state index contributed by atoms with van der Waals surface area (Å²) < 4.78 is 5.97. The molecule has 3 unspecified atom stereocenters. The van der Waals surface area contributed by atoms with Gasteiger partial charge in [-0.15, -0.1) is 0 Å². The number of benzene rings is 1. The van der Waals surface area contributed by atoms with Crippen molar-refractivity contribution in [3.8, 4) is 5.75 Å². The largest absolute Gasteiger partial charge is 0.493 e. The minimum atomic E-state index is 0.646. The third kappa shape index (κ3) is 3.66. The Kier molecular flexibility index (Phi) is 5.30. The number of rotatable bonds is 6. The minimum absolute atomic E-state index is 0.646. The molecule has 1 aromatic carbocycles. The van der Waals surface area contributed by atoms with Crippen LogP contribution in [0.3, 0.4) is 0 Å². The maximum Gasteiger partial charge on any atom is 0.119 e. The topological polar surface area (TPSA) is 24.5 Å². The fourth-order valence-electron chi connectivity index (χ4n) is 2.83. The van der Waals surface area contributed by atoms with Crippen molar-refractivity contribution in [1.82, 2.24) is 4.90 Å². The Morgan fingerprint density at radius 3 is 2.60 bits per heavy atom. The summed E-state index contributed by atoms with van der Waals surface area (Å²) in [6.45, 7) is 10.1. The Bertz CT molecular complexity index is 404. The third-order valence-electron chi connectivity index (χ3n) is 4.62. The van der Waals surface area contributed by atoms with Crippen LogP contribution < -0.4 is 10.1 Å². The van der Waals surface area contributed by atoms with Gasteiger partial charge in [0.15, 0.2) is 0 Å². The second-order valence-corrected chi connectivity index (χ2v) is 6.03. The van der Waals surface area contributed by atoms with Crippen LogP contribution in [0.4, 0.5) is 5.69 Å². The predicted molar refractivity (Wildman–Crippen MR) is 85.5 cm³/mol. The van der Waals surface area contributed by atoms with E-state index in [0.717, 1.165) is 24.0 Å². The second-order valence-electron chi connectivity index (χ2n) is 6.03. The van der Waals surface area contributed by atoms with Crippen LogP contribution in [0.25, 0.3) is 0 Å². The molecule has 112 valence electrons. The summed E-state index contributed by atoms with van der Waals surface area (Å²) in [6.07, 6.45) is 1.23. The highest BCUT2D eigenvalue weighted by Crippen LogP contribution is 2.26. The van der Waals surface area contributed by atoms with Gasteiger partial charge in [0, 0.05) is 37.8 Å². The summed E-state index contributed by atoms with van der Waals surface area (Å²) in [5.41, 5.74) is 1.12. The number of hydrogen-bond acceptors (Lipinski definition) is 3. The Morgan fingerprint density at radius 1 is 1.30 bits per heavy atom. The van der Waals surface area contributed by atoms with Gasteiger partial charge in [-0.1, -0.05) is 13.8 Å². The summed E-state index contributed by atoms with van der Waals surface area (Å²) in [5.74, 6) is 2.34. The fourth-order valence-corrected chi connectivity index (χ4v) is 2.83. The SMILES string of the molecule is CCC(C)N1CC(C)C(COc2ccc(NC)cc2)C1. The number of hydrogen-bond donors (Lipinski definition) is 1. The average Bonchev–Trinajstić information content (AvgIpc) is 2.86. The first kappa shape index (κ1) is 15.2. The lowest BCUT2D eigenvalue weighted by Crippen LogP contribution is -2.31. The molecule has 1 fully saturated rings. The summed E-state index contributed by atoms with van der Waals surface area (Å²) in [5, 5.41) is 3.12. The quantitative estimate of drug-likeness (QED) is 0.861. The van der Waals surface area contributed by atoms with Crippen molar-refractivity contribution in [3.63, 3.8) is 0 Å². The van der Waals surface area contributed by atoms with Gasteiger partial charge >= 0.3 is 0 Å². The van der Waals surface area contributed by atoms with Crippen LogP contribution in [-0.4, -0.2) is 37.7 Å². The molecule has 1 aromatic rings. The van der Waals surface area contributed by atoms with E-state index >= 15 is 0 Å². The average molecular weight is 276 g/mol. The summed E-state index contributed by atoms with van der Waals surface area (Å²) >= 11 is 0. The lowest BCUT2D eigenvalue weighted by Gasteiger charge is -2.22. The highest BCUT2D eigenvalue weighted by Gasteiger charge is 2.31. The maximum atomic E-state index is 5.97. The highest BCUT2D eigenvalue weighted by molar-refractivity contribution is 5.45.